The maximum absolute atomic E-state index is 13.1. The van der Waals surface area contributed by atoms with Crippen molar-refractivity contribution in [3.05, 3.63) is 47.8 Å². The Morgan fingerprint density at radius 1 is 1.14 bits per heavy atom. The first-order chi connectivity index (χ1) is 10.0. The molecule has 1 amide bonds. The molecule has 6 heteroatoms. The quantitative estimate of drug-likeness (QED) is 0.849. The molecule has 0 spiro atoms. The van der Waals surface area contributed by atoms with Crippen LogP contribution in [0.1, 0.15) is 10.4 Å². The molecule has 0 heterocycles. The highest BCUT2D eigenvalue weighted by Crippen LogP contribution is 2.29. The zero-order valence-electron chi connectivity index (χ0n) is 11.6. The molecule has 0 saturated carbocycles. The van der Waals surface area contributed by atoms with Crippen molar-refractivity contribution in [1.29, 1.82) is 0 Å². The smallest absolute Gasteiger partial charge is 0.255 e. The predicted octanol–water partition coefficient (Wildman–Crippen LogP) is 2.68. The lowest BCUT2D eigenvalue weighted by Gasteiger charge is -2.12. The van der Waals surface area contributed by atoms with E-state index >= 15 is 0 Å². The molecule has 2 aromatic carbocycles. The van der Waals surface area contributed by atoms with Crippen LogP contribution in [0.4, 0.5) is 15.8 Å². The molecule has 0 atom stereocenters. The fraction of sp³-hybridized carbons (Fsp3) is 0.133. The Kier molecular flexibility index (Phi) is 4.27. The van der Waals surface area contributed by atoms with Gasteiger partial charge in [-0.05, 0) is 30.3 Å². The van der Waals surface area contributed by atoms with Gasteiger partial charge in [0.05, 0.1) is 25.6 Å². The van der Waals surface area contributed by atoms with Crippen molar-refractivity contribution in [2.75, 3.05) is 25.3 Å². The molecule has 2 aromatic rings. The van der Waals surface area contributed by atoms with Gasteiger partial charge in [0.25, 0.3) is 5.91 Å². The molecule has 0 bridgehead atoms. The van der Waals surface area contributed by atoms with E-state index in [2.05, 4.69) is 5.32 Å². The topological polar surface area (TPSA) is 73.6 Å². The van der Waals surface area contributed by atoms with Crippen LogP contribution in [0.15, 0.2) is 36.4 Å². The number of methoxy groups -OCH3 is 2. The summed E-state index contributed by atoms with van der Waals surface area (Å²) in [5.74, 6) is 0.0902. The molecule has 0 aliphatic heterocycles. The Balaban J connectivity index is 2.24. The second kappa shape index (κ2) is 6.13. The highest BCUT2D eigenvalue weighted by atomic mass is 19.1. The monoisotopic (exact) mass is 290 g/mol. The summed E-state index contributed by atoms with van der Waals surface area (Å²) in [6, 6.07) is 8.78. The summed E-state index contributed by atoms with van der Waals surface area (Å²) in [6.07, 6.45) is 0. The molecule has 0 aromatic heterocycles. The number of hydrogen-bond donors (Lipinski definition) is 2. The van der Waals surface area contributed by atoms with Gasteiger partial charge < -0.3 is 20.5 Å². The normalized spacial score (nSPS) is 10.0. The van der Waals surface area contributed by atoms with Crippen molar-refractivity contribution in [3.63, 3.8) is 0 Å². The molecule has 3 N–H and O–H groups in total. The predicted molar refractivity (Wildman–Crippen MR) is 78.3 cm³/mol. The van der Waals surface area contributed by atoms with Crippen molar-refractivity contribution in [1.82, 2.24) is 0 Å². The van der Waals surface area contributed by atoms with Crippen molar-refractivity contribution < 1.29 is 18.7 Å². The molecular weight excluding hydrogens is 275 g/mol. The van der Waals surface area contributed by atoms with Gasteiger partial charge in [-0.3, -0.25) is 4.79 Å². The molecule has 0 fully saturated rings. The van der Waals surface area contributed by atoms with Crippen LogP contribution in [0.25, 0.3) is 0 Å². The third-order valence-corrected chi connectivity index (χ3v) is 2.92. The standard InChI is InChI=1S/C15H15FN2O3/c1-20-10-4-6-13(14(8-10)21-2)18-15(19)9-3-5-11(16)12(17)7-9/h3-8H,17H2,1-2H3,(H,18,19). The van der Waals surface area contributed by atoms with E-state index in [1.807, 2.05) is 0 Å². The van der Waals surface area contributed by atoms with Gasteiger partial charge in [-0.15, -0.1) is 0 Å². The van der Waals surface area contributed by atoms with E-state index < -0.39 is 11.7 Å². The Hall–Kier alpha value is -2.76. The van der Waals surface area contributed by atoms with Gasteiger partial charge in [0.15, 0.2) is 0 Å². The van der Waals surface area contributed by atoms with Crippen LogP contribution in [-0.4, -0.2) is 20.1 Å². The summed E-state index contributed by atoms with van der Waals surface area (Å²) in [4.78, 5) is 12.1. The number of carbonyl (C=O) groups excluding carboxylic acids is 1. The number of amides is 1. The minimum atomic E-state index is -0.562. The number of ether oxygens (including phenoxy) is 2. The van der Waals surface area contributed by atoms with Crippen LogP contribution in [-0.2, 0) is 0 Å². The largest absolute Gasteiger partial charge is 0.497 e. The Bertz CT molecular complexity index is 674. The van der Waals surface area contributed by atoms with Crippen LogP contribution >= 0.6 is 0 Å². The summed E-state index contributed by atoms with van der Waals surface area (Å²) in [6.45, 7) is 0. The highest BCUT2D eigenvalue weighted by Gasteiger charge is 2.12. The van der Waals surface area contributed by atoms with Crippen LogP contribution in [0, 0.1) is 5.82 Å². The van der Waals surface area contributed by atoms with E-state index in [4.69, 9.17) is 15.2 Å². The number of nitrogen functional groups attached to an aromatic ring is 1. The van der Waals surface area contributed by atoms with Gasteiger partial charge in [0.1, 0.15) is 17.3 Å². The number of anilines is 2. The minimum Gasteiger partial charge on any atom is -0.497 e. The van der Waals surface area contributed by atoms with E-state index in [1.165, 1.54) is 26.4 Å². The number of benzene rings is 2. The van der Waals surface area contributed by atoms with Gasteiger partial charge in [0, 0.05) is 11.6 Å². The number of hydrogen-bond acceptors (Lipinski definition) is 4. The fourth-order valence-electron chi connectivity index (χ4n) is 1.78. The minimum absolute atomic E-state index is 0.0793. The molecule has 110 valence electrons. The van der Waals surface area contributed by atoms with Gasteiger partial charge in [-0.1, -0.05) is 0 Å². The fourth-order valence-corrected chi connectivity index (χ4v) is 1.78. The first-order valence-electron chi connectivity index (χ1n) is 6.13. The van der Waals surface area contributed by atoms with E-state index in [9.17, 15) is 9.18 Å². The van der Waals surface area contributed by atoms with Gasteiger partial charge in [-0.25, -0.2) is 4.39 Å². The first kappa shape index (κ1) is 14.6. The van der Waals surface area contributed by atoms with Gasteiger partial charge in [0.2, 0.25) is 0 Å². The zero-order chi connectivity index (χ0) is 15.4. The molecule has 2 rings (SSSR count). The maximum Gasteiger partial charge on any atom is 0.255 e. The van der Waals surface area contributed by atoms with Gasteiger partial charge in [-0.2, -0.15) is 0 Å². The number of nitrogens with two attached hydrogens (primary N) is 1. The SMILES string of the molecule is COc1ccc(NC(=O)c2ccc(F)c(N)c2)c(OC)c1. The van der Waals surface area contributed by atoms with Crippen LogP contribution in [0.3, 0.4) is 0 Å². The first-order valence-corrected chi connectivity index (χ1v) is 6.13. The molecule has 0 aliphatic carbocycles. The van der Waals surface area contributed by atoms with Crippen molar-refractivity contribution >= 4 is 17.3 Å². The van der Waals surface area contributed by atoms with Crippen LogP contribution < -0.4 is 20.5 Å². The third kappa shape index (κ3) is 3.22. The Labute approximate surface area is 121 Å². The summed E-state index contributed by atoms with van der Waals surface area (Å²) in [5.41, 5.74) is 6.10. The lowest BCUT2D eigenvalue weighted by molar-refractivity contribution is 0.102. The maximum atomic E-state index is 13.1. The van der Waals surface area contributed by atoms with Gasteiger partial charge >= 0.3 is 0 Å². The molecule has 0 unspecified atom stereocenters. The average molecular weight is 290 g/mol. The Morgan fingerprint density at radius 3 is 2.52 bits per heavy atom. The summed E-state index contributed by atoms with van der Waals surface area (Å²) < 4.78 is 23.4. The molecule has 0 saturated heterocycles. The number of carbonyl (C=O) groups is 1. The second-order valence-electron chi connectivity index (χ2n) is 4.26. The van der Waals surface area contributed by atoms with E-state index in [0.717, 1.165) is 6.07 Å². The van der Waals surface area contributed by atoms with Crippen LogP contribution in [0.5, 0.6) is 11.5 Å². The Morgan fingerprint density at radius 2 is 1.90 bits per heavy atom. The highest BCUT2D eigenvalue weighted by molar-refractivity contribution is 6.05. The number of halogens is 1. The molecule has 0 aliphatic rings. The lowest BCUT2D eigenvalue weighted by atomic mass is 10.1. The van der Waals surface area contributed by atoms with E-state index in [0.29, 0.717) is 17.2 Å². The molecule has 21 heavy (non-hydrogen) atoms. The summed E-state index contributed by atoms with van der Waals surface area (Å²) in [7, 11) is 3.02. The second-order valence-corrected chi connectivity index (χ2v) is 4.26. The van der Waals surface area contributed by atoms with E-state index in [1.54, 1.807) is 18.2 Å². The molecule has 0 radical (unpaired) electrons. The summed E-state index contributed by atoms with van der Waals surface area (Å²) >= 11 is 0. The van der Waals surface area contributed by atoms with Crippen molar-refractivity contribution in [2.45, 2.75) is 0 Å². The van der Waals surface area contributed by atoms with Crippen molar-refractivity contribution in [3.8, 4) is 11.5 Å². The van der Waals surface area contributed by atoms with E-state index in [-0.39, 0.29) is 11.3 Å². The average Bonchev–Trinajstić information content (AvgIpc) is 2.50. The van der Waals surface area contributed by atoms with Crippen molar-refractivity contribution in [2.24, 2.45) is 0 Å². The number of rotatable bonds is 4. The van der Waals surface area contributed by atoms with Crippen LogP contribution in [0.2, 0.25) is 0 Å². The third-order valence-electron chi connectivity index (χ3n) is 2.92. The molecule has 5 nitrogen and oxygen atoms in total. The molecular formula is C15H15FN2O3. The zero-order valence-corrected chi connectivity index (χ0v) is 11.6. The summed E-state index contributed by atoms with van der Waals surface area (Å²) in [5, 5.41) is 2.68. The lowest BCUT2D eigenvalue weighted by Crippen LogP contribution is -2.13. The number of nitrogens with one attached hydrogen (secondary N) is 1.